The van der Waals surface area contributed by atoms with Crippen LogP contribution in [-0.2, 0) is 0 Å². The molecule has 0 unspecified atom stereocenters. The molecular weight excluding hydrogens is 593 g/mol. The van der Waals surface area contributed by atoms with E-state index in [1.165, 1.54) is 33.4 Å². The topological polar surface area (TPSA) is 6.48 Å². The summed E-state index contributed by atoms with van der Waals surface area (Å²) >= 11 is 0. The molecule has 0 amide bonds. The Morgan fingerprint density at radius 3 is 0.959 bits per heavy atom. The molecule has 2 nitrogen and oxygen atoms in total. The van der Waals surface area contributed by atoms with E-state index in [0.717, 1.165) is 34.1 Å². The average Bonchev–Trinajstić information content (AvgIpc) is 3.19. The fraction of sp³-hybridized carbons (Fsp3) is 0.0213. The quantitative estimate of drug-likeness (QED) is 0.139. The van der Waals surface area contributed by atoms with E-state index < -0.39 is 0 Å². The summed E-state index contributed by atoms with van der Waals surface area (Å²) in [5.74, 6) is 0. The first-order chi connectivity index (χ1) is 24.2. The number of para-hydroxylation sites is 3. The highest BCUT2D eigenvalue weighted by atomic mass is 15.1. The van der Waals surface area contributed by atoms with E-state index in [1.54, 1.807) is 0 Å². The zero-order valence-electron chi connectivity index (χ0n) is 27.7. The Kier molecular flexibility index (Phi) is 9.30. The molecule has 0 aliphatic heterocycles. The molecule has 0 aliphatic rings. The van der Waals surface area contributed by atoms with E-state index in [2.05, 4.69) is 204 Å². The SMILES string of the molecule is C=C/C(=C\C)N(c1ccccc1)c1ccc(-c2ccc(-c3ccc(-c4ccc(N(c5ccccc5)c5ccccc5)cc4)cc3)cc2)cc1. The number of hydrogen-bond acceptors (Lipinski definition) is 2. The molecule has 7 aromatic carbocycles. The molecule has 0 spiro atoms. The van der Waals surface area contributed by atoms with Gasteiger partial charge in [-0.25, -0.2) is 0 Å². The lowest BCUT2D eigenvalue weighted by Gasteiger charge is -2.26. The van der Waals surface area contributed by atoms with Gasteiger partial charge in [0.15, 0.2) is 0 Å². The van der Waals surface area contributed by atoms with E-state index in [1.807, 2.05) is 19.1 Å². The number of nitrogens with zero attached hydrogens (tertiary/aromatic N) is 2. The number of anilines is 5. The molecule has 0 bridgehead atoms. The Hall–Kier alpha value is -6.38. The summed E-state index contributed by atoms with van der Waals surface area (Å²) in [5.41, 5.74) is 13.8. The van der Waals surface area contributed by atoms with Crippen LogP contribution in [0.15, 0.2) is 212 Å². The summed E-state index contributed by atoms with van der Waals surface area (Å²) in [5, 5.41) is 0. The first-order valence-electron chi connectivity index (χ1n) is 16.7. The van der Waals surface area contributed by atoms with E-state index in [4.69, 9.17) is 0 Å². The summed E-state index contributed by atoms with van der Waals surface area (Å²) in [4.78, 5) is 4.51. The van der Waals surface area contributed by atoms with Crippen molar-refractivity contribution in [3.8, 4) is 33.4 Å². The minimum absolute atomic E-state index is 1.05. The lowest BCUT2D eigenvalue weighted by Crippen LogP contribution is -2.14. The van der Waals surface area contributed by atoms with Crippen LogP contribution in [0.2, 0.25) is 0 Å². The third-order valence-electron chi connectivity index (χ3n) is 8.83. The van der Waals surface area contributed by atoms with Gasteiger partial charge in [-0.15, -0.1) is 0 Å². The lowest BCUT2D eigenvalue weighted by atomic mass is 9.98. The molecule has 0 N–H and O–H groups in total. The Bertz CT molecular complexity index is 2090. The standard InChI is InChI=1S/C47H38N2/c1-3-42(4-2)48(43-14-8-5-9-15-43)46-32-28-40(29-33-46)38-24-20-36(21-25-38)37-22-26-39(27-23-37)41-30-34-47(35-31-41)49(44-16-10-6-11-17-44)45-18-12-7-13-19-45/h3-35H,1H2,2H3/b42-4+. The fourth-order valence-electron chi connectivity index (χ4n) is 6.28. The fourth-order valence-corrected chi connectivity index (χ4v) is 6.28. The zero-order valence-corrected chi connectivity index (χ0v) is 27.7. The van der Waals surface area contributed by atoms with Gasteiger partial charge in [-0.05, 0) is 107 Å². The van der Waals surface area contributed by atoms with Crippen molar-refractivity contribution >= 4 is 28.4 Å². The Morgan fingerprint density at radius 1 is 0.367 bits per heavy atom. The van der Waals surface area contributed by atoms with Crippen molar-refractivity contribution in [3.63, 3.8) is 0 Å². The summed E-state index contributed by atoms with van der Waals surface area (Å²) in [7, 11) is 0. The second-order valence-electron chi connectivity index (χ2n) is 11.8. The van der Waals surface area contributed by atoms with Crippen molar-refractivity contribution in [1.82, 2.24) is 0 Å². The molecular formula is C47H38N2. The highest BCUT2D eigenvalue weighted by Crippen LogP contribution is 2.36. The minimum atomic E-state index is 1.05. The highest BCUT2D eigenvalue weighted by molar-refractivity contribution is 5.79. The smallest absolute Gasteiger partial charge is 0.0462 e. The molecule has 236 valence electrons. The molecule has 0 fully saturated rings. The number of benzene rings is 7. The van der Waals surface area contributed by atoms with Gasteiger partial charge in [-0.2, -0.15) is 0 Å². The predicted octanol–water partition coefficient (Wildman–Crippen LogP) is 13.4. The van der Waals surface area contributed by atoms with Gasteiger partial charge in [0.25, 0.3) is 0 Å². The van der Waals surface area contributed by atoms with E-state index in [0.29, 0.717) is 0 Å². The summed E-state index contributed by atoms with van der Waals surface area (Å²) in [6, 6.07) is 66.6. The van der Waals surface area contributed by atoms with Gasteiger partial charge in [0.1, 0.15) is 0 Å². The van der Waals surface area contributed by atoms with Gasteiger partial charge in [-0.1, -0.05) is 140 Å². The maximum atomic E-state index is 4.04. The molecule has 0 atom stereocenters. The second-order valence-corrected chi connectivity index (χ2v) is 11.8. The first-order valence-corrected chi connectivity index (χ1v) is 16.7. The molecule has 0 heterocycles. The van der Waals surface area contributed by atoms with Crippen LogP contribution in [0.25, 0.3) is 33.4 Å². The minimum Gasteiger partial charge on any atom is -0.311 e. The summed E-state index contributed by atoms with van der Waals surface area (Å²) in [6.07, 6.45) is 3.98. The van der Waals surface area contributed by atoms with E-state index >= 15 is 0 Å². The van der Waals surface area contributed by atoms with Crippen LogP contribution >= 0.6 is 0 Å². The average molecular weight is 631 g/mol. The van der Waals surface area contributed by atoms with Gasteiger partial charge in [0.05, 0.1) is 0 Å². The van der Waals surface area contributed by atoms with Gasteiger partial charge in [0, 0.05) is 34.1 Å². The maximum Gasteiger partial charge on any atom is 0.0462 e. The van der Waals surface area contributed by atoms with Crippen molar-refractivity contribution in [1.29, 1.82) is 0 Å². The van der Waals surface area contributed by atoms with Crippen LogP contribution in [0.4, 0.5) is 28.4 Å². The van der Waals surface area contributed by atoms with Crippen LogP contribution in [-0.4, -0.2) is 0 Å². The highest BCUT2D eigenvalue weighted by Gasteiger charge is 2.14. The van der Waals surface area contributed by atoms with Gasteiger partial charge in [-0.3, -0.25) is 0 Å². The van der Waals surface area contributed by atoms with Crippen molar-refractivity contribution < 1.29 is 0 Å². The van der Waals surface area contributed by atoms with Crippen LogP contribution < -0.4 is 9.80 Å². The van der Waals surface area contributed by atoms with E-state index in [9.17, 15) is 0 Å². The summed E-state index contributed by atoms with van der Waals surface area (Å²) in [6.45, 7) is 6.08. The molecule has 0 aromatic heterocycles. The maximum absolute atomic E-state index is 4.04. The van der Waals surface area contributed by atoms with Crippen molar-refractivity contribution in [3.05, 3.63) is 212 Å². The van der Waals surface area contributed by atoms with Crippen molar-refractivity contribution in [2.24, 2.45) is 0 Å². The van der Waals surface area contributed by atoms with Gasteiger partial charge < -0.3 is 9.80 Å². The molecule has 7 aromatic rings. The van der Waals surface area contributed by atoms with Crippen LogP contribution in [0.1, 0.15) is 6.92 Å². The van der Waals surface area contributed by atoms with E-state index in [-0.39, 0.29) is 0 Å². The second kappa shape index (κ2) is 14.6. The third kappa shape index (κ3) is 6.86. The van der Waals surface area contributed by atoms with Crippen LogP contribution in [0.3, 0.4) is 0 Å². The monoisotopic (exact) mass is 630 g/mol. The molecule has 0 radical (unpaired) electrons. The van der Waals surface area contributed by atoms with Crippen molar-refractivity contribution in [2.45, 2.75) is 6.92 Å². The van der Waals surface area contributed by atoms with Crippen LogP contribution in [0.5, 0.6) is 0 Å². The lowest BCUT2D eigenvalue weighted by molar-refractivity contribution is 1.20. The zero-order chi connectivity index (χ0) is 33.4. The summed E-state index contributed by atoms with van der Waals surface area (Å²) < 4.78 is 0. The molecule has 0 saturated carbocycles. The molecule has 0 saturated heterocycles. The molecule has 7 rings (SSSR count). The molecule has 0 aliphatic carbocycles. The number of allylic oxidation sites excluding steroid dienone is 2. The first kappa shape index (κ1) is 31.2. The molecule has 2 heteroatoms. The number of hydrogen-bond donors (Lipinski definition) is 0. The van der Waals surface area contributed by atoms with Gasteiger partial charge in [0.2, 0.25) is 0 Å². The largest absolute Gasteiger partial charge is 0.311 e. The van der Waals surface area contributed by atoms with Gasteiger partial charge >= 0.3 is 0 Å². The Balaban J connectivity index is 1.07. The third-order valence-corrected chi connectivity index (χ3v) is 8.83. The Labute approximate surface area is 290 Å². The van der Waals surface area contributed by atoms with Crippen LogP contribution in [0, 0.1) is 0 Å². The normalized spacial score (nSPS) is 11.2. The Morgan fingerprint density at radius 2 is 0.633 bits per heavy atom. The predicted molar refractivity (Wildman–Crippen MR) is 210 cm³/mol. The number of rotatable bonds is 10. The molecule has 49 heavy (non-hydrogen) atoms. The van der Waals surface area contributed by atoms with Crippen molar-refractivity contribution in [2.75, 3.05) is 9.80 Å².